The minimum Gasteiger partial charge on any atom is -0.314 e. The van der Waals surface area contributed by atoms with Gasteiger partial charge in [-0.1, -0.05) is 22.0 Å². The maximum absolute atomic E-state index is 4.52. The minimum atomic E-state index is 0.981. The summed E-state index contributed by atoms with van der Waals surface area (Å²) in [4.78, 5) is 7.00. The number of aromatic nitrogens is 1. The van der Waals surface area contributed by atoms with E-state index in [1.54, 1.807) is 0 Å². The smallest absolute Gasteiger partial charge is 0.0747 e. The lowest BCUT2D eigenvalue weighted by Crippen LogP contribution is -2.42. The van der Waals surface area contributed by atoms with Crippen LogP contribution in [0.4, 0.5) is 0 Å². The van der Waals surface area contributed by atoms with Crippen molar-refractivity contribution in [2.45, 2.75) is 6.54 Å². The molecule has 0 unspecified atom stereocenters. The summed E-state index contributed by atoms with van der Waals surface area (Å²) in [6, 6.07) is 8.43. The molecule has 0 bridgehead atoms. The van der Waals surface area contributed by atoms with Crippen LogP contribution in [0.2, 0.25) is 0 Å². The number of nitrogens with zero attached hydrogens (tertiary/aromatic N) is 2. The third-order valence-corrected chi connectivity index (χ3v) is 3.81. The molecule has 1 aromatic heterocycles. The van der Waals surface area contributed by atoms with Gasteiger partial charge in [-0.05, 0) is 23.8 Å². The fraction of sp³-hybridized carbons (Fsp3) is 0.357. The number of pyridine rings is 1. The summed E-state index contributed by atoms with van der Waals surface area (Å²) in [5.41, 5.74) is 2.43. The molecule has 3 rings (SSSR count). The fourth-order valence-corrected chi connectivity index (χ4v) is 2.98. The van der Waals surface area contributed by atoms with E-state index in [1.165, 1.54) is 10.9 Å². The van der Waals surface area contributed by atoms with E-state index < -0.39 is 0 Å². The van der Waals surface area contributed by atoms with E-state index in [-0.39, 0.29) is 0 Å². The van der Waals surface area contributed by atoms with Gasteiger partial charge in [0, 0.05) is 48.8 Å². The molecule has 1 aromatic carbocycles. The first kappa shape index (κ1) is 12.1. The van der Waals surface area contributed by atoms with Gasteiger partial charge in [0.15, 0.2) is 0 Å². The highest BCUT2D eigenvalue weighted by atomic mass is 79.9. The number of fused-ring (bicyclic) bond motifs is 1. The Morgan fingerprint density at radius 2 is 2.11 bits per heavy atom. The van der Waals surface area contributed by atoms with Gasteiger partial charge in [0.05, 0.1) is 5.52 Å². The van der Waals surface area contributed by atoms with Gasteiger partial charge >= 0.3 is 0 Å². The Hall–Kier alpha value is -0.970. The van der Waals surface area contributed by atoms with Gasteiger partial charge in [-0.2, -0.15) is 0 Å². The number of halogens is 1. The highest BCUT2D eigenvalue weighted by Crippen LogP contribution is 2.23. The second kappa shape index (κ2) is 5.34. The van der Waals surface area contributed by atoms with Crippen molar-refractivity contribution in [2.75, 3.05) is 26.2 Å². The first-order valence-corrected chi connectivity index (χ1v) is 7.08. The topological polar surface area (TPSA) is 28.2 Å². The summed E-state index contributed by atoms with van der Waals surface area (Å²) in [6.45, 7) is 5.37. The molecule has 2 heterocycles. The third kappa shape index (κ3) is 2.55. The third-order valence-electron chi connectivity index (χ3n) is 3.35. The normalized spacial score (nSPS) is 17.2. The van der Waals surface area contributed by atoms with Crippen LogP contribution in [0, 0.1) is 0 Å². The molecule has 1 fully saturated rings. The van der Waals surface area contributed by atoms with Crippen molar-refractivity contribution in [1.29, 1.82) is 0 Å². The molecule has 0 aliphatic carbocycles. The summed E-state index contributed by atoms with van der Waals surface area (Å²) < 4.78 is 1.13. The second-order valence-corrected chi connectivity index (χ2v) is 5.58. The summed E-state index contributed by atoms with van der Waals surface area (Å²) in [6.07, 6.45) is 1.87. The number of hydrogen-bond donors (Lipinski definition) is 1. The van der Waals surface area contributed by atoms with Crippen LogP contribution in [-0.4, -0.2) is 36.1 Å². The maximum atomic E-state index is 4.52. The molecule has 4 heteroatoms. The molecule has 2 aromatic rings. The Kier molecular flexibility index (Phi) is 3.59. The number of piperazine rings is 1. The quantitative estimate of drug-likeness (QED) is 0.923. The highest BCUT2D eigenvalue weighted by Gasteiger charge is 2.12. The zero-order valence-electron chi connectivity index (χ0n) is 10.2. The van der Waals surface area contributed by atoms with Crippen LogP contribution in [0.1, 0.15) is 5.56 Å². The van der Waals surface area contributed by atoms with Crippen molar-refractivity contribution in [3.8, 4) is 0 Å². The molecule has 1 N–H and O–H groups in total. The van der Waals surface area contributed by atoms with E-state index in [0.717, 1.165) is 42.7 Å². The first-order valence-electron chi connectivity index (χ1n) is 6.29. The first-order chi connectivity index (χ1) is 8.83. The van der Waals surface area contributed by atoms with Crippen LogP contribution < -0.4 is 5.32 Å². The SMILES string of the molecule is Brc1cc(CN2CCNCC2)c2ncccc2c1. The van der Waals surface area contributed by atoms with E-state index >= 15 is 0 Å². The minimum absolute atomic E-state index is 0.981. The predicted octanol–water partition coefficient (Wildman–Crippen LogP) is 2.40. The van der Waals surface area contributed by atoms with Gasteiger partial charge < -0.3 is 5.32 Å². The Morgan fingerprint density at radius 1 is 1.28 bits per heavy atom. The standard InChI is InChI=1S/C14H16BrN3/c15-13-8-11-2-1-3-17-14(11)12(9-13)10-18-6-4-16-5-7-18/h1-3,8-9,16H,4-7,10H2. The van der Waals surface area contributed by atoms with E-state index in [0.29, 0.717) is 0 Å². The van der Waals surface area contributed by atoms with Crippen molar-refractivity contribution < 1.29 is 0 Å². The van der Waals surface area contributed by atoms with Crippen LogP contribution in [0.5, 0.6) is 0 Å². The average molecular weight is 306 g/mol. The highest BCUT2D eigenvalue weighted by molar-refractivity contribution is 9.10. The zero-order chi connectivity index (χ0) is 12.4. The molecule has 0 amide bonds. The van der Waals surface area contributed by atoms with E-state index in [1.807, 2.05) is 12.3 Å². The van der Waals surface area contributed by atoms with Crippen molar-refractivity contribution in [3.05, 3.63) is 40.5 Å². The van der Waals surface area contributed by atoms with E-state index in [4.69, 9.17) is 0 Å². The lowest BCUT2D eigenvalue weighted by atomic mass is 10.1. The summed E-state index contributed by atoms with van der Waals surface area (Å²) in [5.74, 6) is 0. The monoisotopic (exact) mass is 305 g/mol. The van der Waals surface area contributed by atoms with Crippen LogP contribution >= 0.6 is 15.9 Å². The predicted molar refractivity (Wildman–Crippen MR) is 77.6 cm³/mol. The van der Waals surface area contributed by atoms with E-state index in [9.17, 15) is 0 Å². The summed E-state index contributed by atoms with van der Waals surface area (Å²) in [5, 5.41) is 4.59. The summed E-state index contributed by atoms with van der Waals surface area (Å²) >= 11 is 3.59. The molecule has 18 heavy (non-hydrogen) atoms. The van der Waals surface area contributed by atoms with Gasteiger partial charge in [-0.3, -0.25) is 9.88 Å². The largest absolute Gasteiger partial charge is 0.314 e. The molecule has 1 aliphatic rings. The number of rotatable bonds is 2. The molecular formula is C14H16BrN3. The number of nitrogens with one attached hydrogen (secondary N) is 1. The van der Waals surface area contributed by atoms with Gasteiger partial charge in [0.1, 0.15) is 0 Å². The molecule has 94 valence electrons. The van der Waals surface area contributed by atoms with Crippen LogP contribution in [0.3, 0.4) is 0 Å². The molecule has 0 spiro atoms. The zero-order valence-corrected chi connectivity index (χ0v) is 11.8. The van der Waals surface area contributed by atoms with Crippen molar-refractivity contribution in [2.24, 2.45) is 0 Å². The van der Waals surface area contributed by atoms with Crippen molar-refractivity contribution in [1.82, 2.24) is 15.2 Å². The molecule has 3 nitrogen and oxygen atoms in total. The molecular weight excluding hydrogens is 290 g/mol. The van der Waals surface area contributed by atoms with Gasteiger partial charge in [0.2, 0.25) is 0 Å². The van der Waals surface area contributed by atoms with Crippen LogP contribution in [0.25, 0.3) is 10.9 Å². The number of hydrogen-bond acceptors (Lipinski definition) is 3. The summed E-state index contributed by atoms with van der Waals surface area (Å²) in [7, 11) is 0. The number of benzene rings is 1. The van der Waals surface area contributed by atoms with Gasteiger partial charge in [-0.15, -0.1) is 0 Å². The molecule has 1 saturated heterocycles. The second-order valence-electron chi connectivity index (χ2n) is 4.67. The van der Waals surface area contributed by atoms with Crippen LogP contribution in [0.15, 0.2) is 34.9 Å². The van der Waals surface area contributed by atoms with Gasteiger partial charge in [0.25, 0.3) is 0 Å². The Balaban J connectivity index is 1.94. The Morgan fingerprint density at radius 3 is 2.94 bits per heavy atom. The molecule has 1 aliphatic heterocycles. The molecule has 0 atom stereocenters. The fourth-order valence-electron chi connectivity index (χ4n) is 2.46. The average Bonchev–Trinajstić information content (AvgIpc) is 2.40. The van der Waals surface area contributed by atoms with Crippen LogP contribution in [-0.2, 0) is 6.54 Å². The molecule has 0 saturated carbocycles. The Labute approximate surface area is 115 Å². The van der Waals surface area contributed by atoms with E-state index in [2.05, 4.69) is 49.3 Å². The lowest BCUT2D eigenvalue weighted by Gasteiger charge is -2.27. The maximum Gasteiger partial charge on any atom is 0.0747 e. The Bertz CT molecular complexity index is 550. The lowest BCUT2D eigenvalue weighted by molar-refractivity contribution is 0.234. The van der Waals surface area contributed by atoms with Crippen molar-refractivity contribution >= 4 is 26.8 Å². The van der Waals surface area contributed by atoms with Gasteiger partial charge in [-0.25, -0.2) is 0 Å². The van der Waals surface area contributed by atoms with Crippen molar-refractivity contribution in [3.63, 3.8) is 0 Å². The molecule has 0 radical (unpaired) electrons.